The van der Waals surface area contributed by atoms with E-state index in [1.807, 2.05) is 36.4 Å². The summed E-state index contributed by atoms with van der Waals surface area (Å²) in [5.74, 6) is 0.0680. The first kappa shape index (κ1) is 20.1. The fourth-order valence-corrected chi connectivity index (χ4v) is 4.01. The van der Waals surface area contributed by atoms with Crippen molar-refractivity contribution in [1.82, 2.24) is 14.5 Å². The standard InChI is InChI=1S/C22H16ClN3O3S/c1-29-21(28)15-8-9-17-18(11-15)25-22(30-13-14-7-10-19(23)24-12-14)26(20(17)27)16-5-3-2-4-6-16/h2-12H,13H2,1H3. The van der Waals surface area contributed by atoms with Gasteiger partial charge in [-0.15, -0.1) is 0 Å². The first-order valence-corrected chi connectivity index (χ1v) is 10.4. The Bertz CT molecular complexity index is 1270. The molecule has 0 aliphatic rings. The van der Waals surface area contributed by atoms with Crippen LogP contribution < -0.4 is 5.56 Å². The molecule has 0 spiro atoms. The predicted octanol–water partition coefficient (Wildman–Crippen LogP) is 4.51. The summed E-state index contributed by atoms with van der Waals surface area (Å²) >= 11 is 7.26. The molecule has 30 heavy (non-hydrogen) atoms. The Kier molecular flexibility index (Phi) is 5.83. The molecule has 0 unspecified atom stereocenters. The number of methoxy groups -OCH3 is 1. The fourth-order valence-electron chi connectivity index (χ4n) is 2.95. The molecule has 0 saturated carbocycles. The number of benzene rings is 2. The number of thioether (sulfide) groups is 1. The number of hydrogen-bond donors (Lipinski definition) is 0. The largest absolute Gasteiger partial charge is 0.465 e. The van der Waals surface area contributed by atoms with E-state index in [0.29, 0.717) is 38.2 Å². The van der Waals surface area contributed by atoms with Crippen LogP contribution >= 0.6 is 23.4 Å². The van der Waals surface area contributed by atoms with Crippen LogP contribution in [0, 0.1) is 0 Å². The third-order valence-corrected chi connectivity index (χ3v) is 5.66. The highest BCUT2D eigenvalue weighted by atomic mass is 35.5. The molecule has 2 aromatic carbocycles. The molecule has 8 heteroatoms. The number of halogens is 1. The zero-order valence-corrected chi connectivity index (χ0v) is 17.5. The molecule has 0 aliphatic heterocycles. The second kappa shape index (κ2) is 8.69. The highest BCUT2D eigenvalue weighted by Crippen LogP contribution is 2.25. The number of nitrogens with zero attached hydrogens (tertiary/aromatic N) is 3. The molecule has 0 N–H and O–H groups in total. The number of pyridine rings is 1. The first-order valence-electron chi connectivity index (χ1n) is 9.00. The number of hydrogen-bond acceptors (Lipinski definition) is 6. The molecule has 0 amide bonds. The van der Waals surface area contributed by atoms with Crippen LogP contribution in [0.1, 0.15) is 15.9 Å². The van der Waals surface area contributed by atoms with Gasteiger partial charge in [0, 0.05) is 11.9 Å². The minimum absolute atomic E-state index is 0.209. The maximum Gasteiger partial charge on any atom is 0.337 e. The second-order valence-electron chi connectivity index (χ2n) is 6.37. The molecule has 0 saturated heterocycles. The Hall–Kier alpha value is -3.16. The maximum atomic E-state index is 13.3. The van der Waals surface area contributed by atoms with E-state index in [2.05, 4.69) is 4.98 Å². The van der Waals surface area contributed by atoms with Crippen molar-refractivity contribution in [2.24, 2.45) is 0 Å². The molecular weight excluding hydrogens is 422 g/mol. The summed E-state index contributed by atoms with van der Waals surface area (Å²) in [5, 5.41) is 1.35. The van der Waals surface area contributed by atoms with Gasteiger partial charge in [-0.25, -0.2) is 14.8 Å². The summed E-state index contributed by atoms with van der Waals surface area (Å²) in [5.41, 5.74) is 2.23. The number of fused-ring (bicyclic) bond motifs is 1. The van der Waals surface area contributed by atoms with Gasteiger partial charge in [0.15, 0.2) is 5.16 Å². The van der Waals surface area contributed by atoms with Gasteiger partial charge < -0.3 is 4.74 Å². The normalized spacial score (nSPS) is 10.9. The van der Waals surface area contributed by atoms with Gasteiger partial charge in [-0.3, -0.25) is 9.36 Å². The molecule has 6 nitrogen and oxygen atoms in total. The second-order valence-corrected chi connectivity index (χ2v) is 7.70. The number of carbonyl (C=O) groups excluding carboxylic acids is 1. The maximum absolute atomic E-state index is 13.3. The molecular formula is C22H16ClN3O3S. The van der Waals surface area contributed by atoms with Crippen molar-refractivity contribution in [1.29, 1.82) is 0 Å². The molecule has 4 rings (SSSR count). The van der Waals surface area contributed by atoms with Crippen molar-refractivity contribution in [2.75, 3.05) is 7.11 Å². The number of carbonyl (C=O) groups is 1. The Labute approximate surface area is 181 Å². The first-order chi connectivity index (χ1) is 14.6. The third-order valence-electron chi connectivity index (χ3n) is 4.43. The average molecular weight is 438 g/mol. The van der Waals surface area contributed by atoms with Crippen LogP contribution in [0.5, 0.6) is 0 Å². The molecule has 4 aromatic rings. The summed E-state index contributed by atoms with van der Waals surface area (Å²) in [6, 6.07) is 17.7. The Balaban J connectivity index is 1.84. The van der Waals surface area contributed by atoms with E-state index in [-0.39, 0.29) is 5.56 Å². The minimum atomic E-state index is -0.479. The van der Waals surface area contributed by atoms with Gasteiger partial charge in [0.1, 0.15) is 5.15 Å². The molecule has 2 heterocycles. The smallest absolute Gasteiger partial charge is 0.337 e. The number of aromatic nitrogens is 3. The summed E-state index contributed by atoms with van der Waals surface area (Å²) in [4.78, 5) is 34.0. The number of esters is 1. The lowest BCUT2D eigenvalue weighted by molar-refractivity contribution is 0.0601. The Morgan fingerprint density at radius 3 is 2.63 bits per heavy atom. The Morgan fingerprint density at radius 1 is 1.13 bits per heavy atom. The molecule has 150 valence electrons. The van der Waals surface area contributed by atoms with Crippen LogP contribution in [-0.4, -0.2) is 27.6 Å². The van der Waals surface area contributed by atoms with Gasteiger partial charge in [-0.05, 0) is 42.0 Å². The van der Waals surface area contributed by atoms with E-state index in [0.717, 1.165) is 5.56 Å². The lowest BCUT2D eigenvalue weighted by Crippen LogP contribution is -2.22. The van der Waals surface area contributed by atoms with Crippen molar-refractivity contribution in [3.8, 4) is 5.69 Å². The van der Waals surface area contributed by atoms with Crippen molar-refractivity contribution in [3.05, 3.63) is 93.5 Å². The highest BCUT2D eigenvalue weighted by molar-refractivity contribution is 7.98. The van der Waals surface area contributed by atoms with Gasteiger partial charge in [-0.1, -0.05) is 47.6 Å². The van der Waals surface area contributed by atoms with E-state index >= 15 is 0 Å². The van der Waals surface area contributed by atoms with Gasteiger partial charge >= 0.3 is 5.97 Å². The SMILES string of the molecule is COC(=O)c1ccc2c(=O)n(-c3ccccc3)c(SCc3ccc(Cl)nc3)nc2c1. The monoisotopic (exact) mass is 437 g/mol. The van der Waals surface area contributed by atoms with E-state index in [9.17, 15) is 9.59 Å². The number of rotatable bonds is 5. The van der Waals surface area contributed by atoms with Crippen LogP contribution in [0.15, 0.2) is 76.8 Å². The van der Waals surface area contributed by atoms with Crippen molar-refractivity contribution < 1.29 is 9.53 Å². The zero-order chi connectivity index (χ0) is 21.1. The minimum Gasteiger partial charge on any atom is -0.465 e. The number of para-hydroxylation sites is 1. The van der Waals surface area contributed by atoms with E-state index in [1.54, 1.807) is 35.0 Å². The van der Waals surface area contributed by atoms with Crippen LogP contribution in [0.4, 0.5) is 0 Å². The van der Waals surface area contributed by atoms with E-state index < -0.39 is 5.97 Å². The van der Waals surface area contributed by atoms with Gasteiger partial charge in [0.25, 0.3) is 5.56 Å². The number of ether oxygens (including phenoxy) is 1. The summed E-state index contributed by atoms with van der Waals surface area (Å²) in [6.45, 7) is 0. The van der Waals surface area contributed by atoms with E-state index in [1.165, 1.54) is 18.9 Å². The van der Waals surface area contributed by atoms with Crippen molar-refractivity contribution in [3.63, 3.8) is 0 Å². The lowest BCUT2D eigenvalue weighted by Gasteiger charge is -2.13. The van der Waals surface area contributed by atoms with Crippen LogP contribution in [0.3, 0.4) is 0 Å². The fraction of sp³-hybridized carbons (Fsp3) is 0.0909. The third kappa shape index (κ3) is 4.08. The van der Waals surface area contributed by atoms with Gasteiger partial charge in [-0.2, -0.15) is 0 Å². The summed E-state index contributed by atoms with van der Waals surface area (Å²) < 4.78 is 6.36. The average Bonchev–Trinajstić information content (AvgIpc) is 2.78. The van der Waals surface area contributed by atoms with Crippen molar-refractivity contribution in [2.45, 2.75) is 10.9 Å². The van der Waals surface area contributed by atoms with E-state index in [4.69, 9.17) is 21.3 Å². The van der Waals surface area contributed by atoms with Crippen LogP contribution in [-0.2, 0) is 10.5 Å². The van der Waals surface area contributed by atoms with Crippen LogP contribution in [0.2, 0.25) is 5.15 Å². The Morgan fingerprint density at radius 2 is 1.93 bits per heavy atom. The molecule has 0 atom stereocenters. The molecule has 0 bridgehead atoms. The quantitative estimate of drug-likeness (QED) is 0.198. The molecule has 2 aromatic heterocycles. The lowest BCUT2D eigenvalue weighted by atomic mass is 10.1. The highest BCUT2D eigenvalue weighted by Gasteiger charge is 2.15. The van der Waals surface area contributed by atoms with Crippen molar-refractivity contribution >= 4 is 40.2 Å². The van der Waals surface area contributed by atoms with Crippen LogP contribution in [0.25, 0.3) is 16.6 Å². The molecule has 0 radical (unpaired) electrons. The molecule has 0 fully saturated rings. The summed E-state index contributed by atoms with van der Waals surface area (Å²) in [7, 11) is 1.31. The molecule has 0 aliphatic carbocycles. The van der Waals surface area contributed by atoms with Gasteiger partial charge in [0.05, 0.1) is 29.3 Å². The predicted molar refractivity (Wildman–Crippen MR) is 117 cm³/mol. The summed E-state index contributed by atoms with van der Waals surface area (Å²) in [6.07, 6.45) is 1.69. The zero-order valence-electron chi connectivity index (χ0n) is 15.9. The van der Waals surface area contributed by atoms with Gasteiger partial charge in [0.2, 0.25) is 0 Å². The topological polar surface area (TPSA) is 74.1 Å².